The number of methoxy groups -OCH3 is 1. The predicted molar refractivity (Wildman–Crippen MR) is 81.4 cm³/mol. The molecule has 0 amide bonds. The summed E-state index contributed by atoms with van der Waals surface area (Å²) in [5.74, 6) is 0.284. The van der Waals surface area contributed by atoms with E-state index in [1.54, 1.807) is 12.1 Å². The Bertz CT molecular complexity index is 499. The molecule has 2 fully saturated rings. The lowest BCUT2D eigenvalue weighted by Gasteiger charge is -2.40. The average Bonchev–Trinajstić information content (AvgIpc) is 2.51. The smallest absolute Gasteiger partial charge is 0.165 e. The van der Waals surface area contributed by atoms with Crippen molar-refractivity contribution in [1.82, 2.24) is 5.32 Å². The Morgan fingerprint density at radius 3 is 2.64 bits per heavy atom. The molecule has 0 radical (unpaired) electrons. The molecule has 3 rings (SSSR count). The summed E-state index contributed by atoms with van der Waals surface area (Å²) in [6.45, 7) is 1.54. The van der Waals surface area contributed by atoms with Crippen LogP contribution in [0.2, 0.25) is 0 Å². The van der Waals surface area contributed by atoms with Crippen molar-refractivity contribution in [2.75, 3.05) is 20.3 Å². The van der Waals surface area contributed by atoms with Crippen molar-refractivity contribution in [1.29, 1.82) is 0 Å². The molecule has 1 aliphatic carbocycles. The topological polar surface area (TPSA) is 50.7 Å². The number of hydrogen-bond donors (Lipinski definition) is 2. The Balaban J connectivity index is 1.76. The van der Waals surface area contributed by atoms with Crippen molar-refractivity contribution < 1.29 is 19.0 Å². The minimum atomic E-state index is -0.335. The van der Waals surface area contributed by atoms with Gasteiger partial charge in [0, 0.05) is 25.3 Å². The molecule has 0 bridgehead atoms. The van der Waals surface area contributed by atoms with Crippen molar-refractivity contribution in [3.05, 3.63) is 29.6 Å². The molecule has 1 saturated carbocycles. The van der Waals surface area contributed by atoms with Crippen molar-refractivity contribution >= 4 is 0 Å². The van der Waals surface area contributed by atoms with E-state index in [4.69, 9.17) is 9.47 Å². The summed E-state index contributed by atoms with van der Waals surface area (Å²) in [6.07, 6.45) is 3.28. The van der Waals surface area contributed by atoms with E-state index in [2.05, 4.69) is 5.32 Å². The van der Waals surface area contributed by atoms with Crippen LogP contribution < -0.4 is 10.1 Å². The Kier molecular flexibility index (Phi) is 4.96. The third-order valence-electron chi connectivity index (χ3n) is 4.79. The first kappa shape index (κ1) is 15.7. The summed E-state index contributed by atoms with van der Waals surface area (Å²) < 4.78 is 24.4. The number of aliphatic hydroxyl groups is 1. The largest absolute Gasteiger partial charge is 0.494 e. The number of rotatable bonds is 5. The number of aliphatic hydroxyl groups excluding tert-OH is 1. The molecular formula is C17H24FNO3. The Morgan fingerprint density at radius 1 is 1.32 bits per heavy atom. The van der Waals surface area contributed by atoms with Gasteiger partial charge in [-0.05, 0) is 49.3 Å². The molecule has 1 aromatic carbocycles. The first-order valence-electron chi connectivity index (χ1n) is 8.02. The fraction of sp³-hybridized carbons (Fsp3) is 0.647. The van der Waals surface area contributed by atoms with Gasteiger partial charge in [-0.1, -0.05) is 6.07 Å². The van der Waals surface area contributed by atoms with Gasteiger partial charge in [0.05, 0.1) is 13.2 Å². The van der Waals surface area contributed by atoms with E-state index in [1.807, 2.05) is 6.07 Å². The molecule has 2 aliphatic rings. The molecule has 1 unspecified atom stereocenters. The van der Waals surface area contributed by atoms with Gasteiger partial charge >= 0.3 is 0 Å². The predicted octanol–water partition coefficient (Wildman–Crippen LogP) is 2.41. The highest BCUT2D eigenvalue weighted by atomic mass is 19.1. The van der Waals surface area contributed by atoms with Crippen LogP contribution in [-0.4, -0.2) is 37.6 Å². The molecule has 1 saturated heterocycles. The Labute approximate surface area is 130 Å². The monoisotopic (exact) mass is 309 g/mol. The minimum absolute atomic E-state index is 0.0758. The maximum absolute atomic E-state index is 14.0. The van der Waals surface area contributed by atoms with Gasteiger partial charge in [-0.2, -0.15) is 0 Å². The third kappa shape index (κ3) is 3.42. The number of nitrogens with one attached hydrogen (secondary N) is 1. The van der Waals surface area contributed by atoms with Gasteiger partial charge in [-0.15, -0.1) is 0 Å². The molecule has 2 N–H and O–H groups in total. The molecule has 122 valence electrons. The molecule has 1 aromatic rings. The lowest BCUT2D eigenvalue weighted by atomic mass is 9.74. The standard InChI is InChI=1S/C17H24FNO3/c1-21-16-3-2-11(10-15(16)18)17(12-8-14(20)9-12)19-13-4-6-22-7-5-13/h2-3,10,12-14,17,19-20H,4-9H2,1H3. The van der Waals surface area contributed by atoms with Crippen molar-refractivity contribution in [2.24, 2.45) is 5.92 Å². The Morgan fingerprint density at radius 2 is 2.05 bits per heavy atom. The van der Waals surface area contributed by atoms with E-state index >= 15 is 0 Å². The highest BCUT2D eigenvalue weighted by Gasteiger charge is 2.36. The number of benzene rings is 1. The van der Waals surface area contributed by atoms with Crippen LogP contribution >= 0.6 is 0 Å². The van der Waals surface area contributed by atoms with Crippen LogP contribution in [0.3, 0.4) is 0 Å². The second kappa shape index (κ2) is 6.94. The maximum atomic E-state index is 14.0. The van der Waals surface area contributed by atoms with Crippen LogP contribution in [0.5, 0.6) is 5.75 Å². The van der Waals surface area contributed by atoms with E-state index in [9.17, 15) is 9.50 Å². The van der Waals surface area contributed by atoms with Gasteiger partial charge in [0.15, 0.2) is 11.6 Å². The first-order valence-corrected chi connectivity index (χ1v) is 8.02. The summed E-state index contributed by atoms with van der Waals surface area (Å²) >= 11 is 0. The lowest BCUT2D eigenvalue weighted by molar-refractivity contribution is 0.0146. The maximum Gasteiger partial charge on any atom is 0.165 e. The van der Waals surface area contributed by atoms with E-state index < -0.39 is 0 Å². The normalized spacial score (nSPS) is 27.2. The zero-order valence-electron chi connectivity index (χ0n) is 12.9. The summed E-state index contributed by atoms with van der Waals surface area (Å²) in [4.78, 5) is 0. The molecule has 1 aliphatic heterocycles. The minimum Gasteiger partial charge on any atom is -0.494 e. The summed E-state index contributed by atoms with van der Waals surface area (Å²) in [6, 6.07) is 5.62. The molecule has 0 spiro atoms. The first-order chi connectivity index (χ1) is 10.7. The highest BCUT2D eigenvalue weighted by Crippen LogP contribution is 2.39. The van der Waals surface area contributed by atoms with Gasteiger partial charge in [0.1, 0.15) is 0 Å². The third-order valence-corrected chi connectivity index (χ3v) is 4.79. The van der Waals surface area contributed by atoms with E-state index in [0.29, 0.717) is 12.0 Å². The van der Waals surface area contributed by atoms with Crippen LogP contribution in [-0.2, 0) is 4.74 Å². The summed E-state index contributed by atoms with van der Waals surface area (Å²) in [5.41, 5.74) is 0.932. The number of hydrogen-bond acceptors (Lipinski definition) is 4. The van der Waals surface area contributed by atoms with Crippen molar-refractivity contribution in [2.45, 2.75) is 43.9 Å². The van der Waals surface area contributed by atoms with Gasteiger partial charge in [-0.25, -0.2) is 4.39 Å². The van der Waals surface area contributed by atoms with Crippen molar-refractivity contribution in [3.63, 3.8) is 0 Å². The van der Waals surface area contributed by atoms with E-state index in [0.717, 1.165) is 44.5 Å². The molecule has 5 heteroatoms. The zero-order chi connectivity index (χ0) is 15.5. The molecule has 1 atom stereocenters. The van der Waals surface area contributed by atoms with Crippen LogP contribution in [0.4, 0.5) is 4.39 Å². The van der Waals surface area contributed by atoms with Gasteiger partial charge in [0.2, 0.25) is 0 Å². The average molecular weight is 309 g/mol. The van der Waals surface area contributed by atoms with Crippen LogP contribution in [0, 0.1) is 11.7 Å². The molecule has 0 aromatic heterocycles. The SMILES string of the molecule is COc1ccc(C(NC2CCOCC2)C2CC(O)C2)cc1F. The second-order valence-electron chi connectivity index (χ2n) is 6.31. The quantitative estimate of drug-likeness (QED) is 0.877. The van der Waals surface area contributed by atoms with Crippen LogP contribution in [0.15, 0.2) is 18.2 Å². The van der Waals surface area contributed by atoms with E-state index in [1.165, 1.54) is 7.11 Å². The fourth-order valence-electron chi connectivity index (χ4n) is 3.40. The van der Waals surface area contributed by atoms with Crippen molar-refractivity contribution in [3.8, 4) is 5.75 Å². The van der Waals surface area contributed by atoms with Crippen LogP contribution in [0.1, 0.15) is 37.3 Å². The lowest BCUT2D eigenvalue weighted by Crippen LogP contribution is -2.44. The summed E-state index contributed by atoms with van der Waals surface area (Å²) in [7, 11) is 1.47. The van der Waals surface area contributed by atoms with Gasteiger partial charge in [-0.3, -0.25) is 0 Å². The molecule has 1 heterocycles. The molecule has 22 heavy (non-hydrogen) atoms. The van der Waals surface area contributed by atoms with Crippen LogP contribution in [0.25, 0.3) is 0 Å². The van der Waals surface area contributed by atoms with E-state index in [-0.39, 0.29) is 23.7 Å². The van der Waals surface area contributed by atoms with Gasteiger partial charge in [0.25, 0.3) is 0 Å². The number of halogens is 1. The van der Waals surface area contributed by atoms with Gasteiger partial charge < -0.3 is 19.9 Å². The molecular weight excluding hydrogens is 285 g/mol. The highest BCUT2D eigenvalue weighted by molar-refractivity contribution is 5.31. The summed E-state index contributed by atoms with van der Waals surface area (Å²) in [5, 5.41) is 13.3. The Hall–Kier alpha value is -1.17. The molecule has 4 nitrogen and oxygen atoms in total. The number of ether oxygens (including phenoxy) is 2. The second-order valence-corrected chi connectivity index (χ2v) is 6.31. The fourth-order valence-corrected chi connectivity index (χ4v) is 3.40. The zero-order valence-corrected chi connectivity index (χ0v) is 12.9.